The second-order valence-corrected chi connectivity index (χ2v) is 7.55. The molecule has 0 atom stereocenters. The van der Waals surface area contributed by atoms with Gasteiger partial charge in [0.05, 0.1) is 7.11 Å². The predicted octanol–water partition coefficient (Wildman–Crippen LogP) is 6.73. The SMILES string of the molecule is COc1ccc(/C=C/c2cc(O)cc(OCc3ccccc3)c2)cc1OCc1ccccc1. The molecule has 4 aromatic rings. The monoisotopic (exact) mass is 438 g/mol. The van der Waals surface area contributed by atoms with Gasteiger partial charge in [-0.25, -0.2) is 0 Å². The molecule has 0 spiro atoms. The van der Waals surface area contributed by atoms with Crippen LogP contribution in [0.15, 0.2) is 97.1 Å². The Labute approximate surface area is 194 Å². The average Bonchev–Trinajstić information content (AvgIpc) is 2.86. The van der Waals surface area contributed by atoms with Gasteiger partial charge in [-0.15, -0.1) is 0 Å². The van der Waals surface area contributed by atoms with E-state index in [1.165, 1.54) is 0 Å². The number of rotatable bonds is 9. The molecule has 0 aliphatic heterocycles. The quantitative estimate of drug-likeness (QED) is 0.294. The van der Waals surface area contributed by atoms with E-state index < -0.39 is 0 Å². The first-order valence-corrected chi connectivity index (χ1v) is 10.7. The van der Waals surface area contributed by atoms with Crippen LogP contribution in [0.25, 0.3) is 12.2 Å². The first-order valence-electron chi connectivity index (χ1n) is 10.7. The molecule has 33 heavy (non-hydrogen) atoms. The average molecular weight is 439 g/mol. The second-order valence-electron chi connectivity index (χ2n) is 7.55. The fourth-order valence-corrected chi connectivity index (χ4v) is 3.36. The van der Waals surface area contributed by atoms with Crippen molar-refractivity contribution in [2.45, 2.75) is 13.2 Å². The van der Waals surface area contributed by atoms with Gasteiger partial charge in [0.25, 0.3) is 0 Å². The van der Waals surface area contributed by atoms with Gasteiger partial charge >= 0.3 is 0 Å². The molecule has 4 nitrogen and oxygen atoms in total. The third-order valence-corrected chi connectivity index (χ3v) is 5.06. The zero-order chi connectivity index (χ0) is 22.9. The maximum atomic E-state index is 10.1. The van der Waals surface area contributed by atoms with Crippen molar-refractivity contribution in [3.63, 3.8) is 0 Å². The van der Waals surface area contributed by atoms with Crippen molar-refractivity contribution in [2.75, 3.05) is 7.11 Å². The summed E-state index contributed by atoms with van der Waals surface area (Å²) in [5, 5.41) is 10.1. The smallest absolute Gasteiger partial charge is 0.162 e. The van der Waals surface area contributed by atoms with Crippen molar-refractivity contribution in [3.8, 4) is 23.0 Å². The van der Waals surface area contributed by atoms with Gasteiger partial charge in [0.1, 0.15) is 24.7 Å². The number of benzene rings is 4. The highest BCUT2D eigenvalue weighted by Gasteiger charge is 2.06. The summed E-state index contributed by atoms with van der Waals surface area (Å²) in [6.07, 6.45) is 3.89. The fraction of sp³-hybridized carbons (Fsp3) is 0.103. The molecule has 0 amide bonds. The zero-order valence-electron chi connectivity index (χ0n) is 18.5. The molecular formula is C29H26O4. The molecule has 4 aromatic carbocycles. The zero-order valence-corrected chi connectivity index (χ0v) is 18.5. The highest BCUT2D eigenvalue weighted by Crippen LogP contribution is 2.30. The number of aromatic hydroxyl groups is 1. The Balaban J connectivity index is 1.47. The van der Waals surface area contributed by atoms with Crippen LogP contribution in [-0.2, 0) is 13.2 Å². The Morgan fingerprint density at radius 1 is 0.636 bits per heavy atom. The first kappa shape index (κ1) is 22.0. The molecular weight excluding hydrogens is 412 g/mol. The van der Waals surface area contributed by atoms with Crippen molar-refractivity contribution in [3.05, 3.63) is 119 Å². The van der Waals surface area contributed by atoms with Crippen molar-refractivity contribution in [1.82, 2.24) is 0 Å². The third-order valence-electron chi connectivity index (χ3n) is 5.06. The summed E-state index contributed by atoms with van der Waals surface area (Å²) in [6, 6.07) is 30.9. The van der Waals surface area contributed by atoms with Gasteiger partial charge < -0.3 is 19.3 Å². The van der Waals surface area contributed by atoms with E-state index in [0.29, 0.717) is 30.5 Å². The third kappa shape index (κ3) is 6.40. The van der Waals surface area contributed by atoms with Crippen LogP contribution < -0.4 is 14.2 Å². The number of phenols is 1. The standard InChI is InChI=1S/C29H26O4/c1-31-28-15-14-22(18-29(28)33-21-24-10-6-3-7-11-24)12-13-25-16-26(30)19-27(17-25)32-20-23-8-4-2-5-9-23/h2-19,30H,20-21H2,1H3/b13-12+. The maximum absolute atomic E-state index is 10.1. The summed E-state index contributed by atoms with van der Waals surface area (Å²) >= 11 is 0. The van der Waals surface area contributed by atoms with Gasteiger partial charge in [0, 0.05) is 6.07 Å². The molecule has 0 aromatic heterocycles. The van der Waals surface area contributed by atoms with Crippen molar-refractivity contribution >= 4 is 12.2 Å². The summed E-state index contributed by atoms with van der Waals surface area (Å²) in [6.45, 7) is 0.896. The highest BCUT2D eigenvalue weighted by molar-refractivity contribution is 5.72. The van der Waals surface area contributed by atoms with Crippen molar-refractivity contribution < 1.29 is 19.3 Å². The number of phenolic OH excluding ortho intramolecular Hbond substituents is 1. The van der Waals surface area contributed by atoms with Crippen LogP contribution >= 0.6 is 0 Å². The van der Waals surface area contributed by atoms with Crippen LogP contribution in [-0.4, -0.2) is 12.2 Å². The highest BCUT2D eigenvalue weighted by atomic mass is 16.5. The normalized spacial score (nSPS) is 10.8. The minimum absolute atomic E-state index is 0.154. The van der Waals surface area contributed by atoms with Crippen LogP contribution in [0.3, 0.4) is 0 Å². The Morgan fingerprint density at radius 2 is 1.27 bits per heavy atom. The number of methoxy groups -OCH3 is 1. The van der Waals surface area contributed by atoms with Gasteiger partial charge in [0.2, 0.25) is 0 Å². The molecule has 0 unspecified atom stereocenters. The summed E-state index contributed by atoms with van der Waals surface area (Å²) < 4.78 is 17.3. The van der Waals surface area contributed by atoms with E-state index in [2.05, 4.69) is 0 Å². The molecule has 0 heterocycles. The van der Waals surface area contributed by atoms with Crippen molar-refractivity contribution in [1.29, 1.82) is 0 Å². The van der Waals surface area contributed by atoms with Crippen LogP contribution in [0.2, 0.25) is 0 Å². The minimum atomic E-state index is 0.154. The Morgan fingerprint density at radius 3 is 1.94 bits per heavy atom. The lowest BCUT2D eigenvalue weighted by atomic mass is 10.1. The second kappa shape index (κ2) is 10.9. The molecule has 0 saturated heterocycles. The number of hydrogen-bond donors (Lipinski definition) is 1. The van der Waals surface area contributed by atoms with E-state index in [4.69, 9.17) is 14.2 Å². The number of ether oxygens (including phenoxy) is 3. The van der Waals surface area contributed by atoms with Gasteiger partial charge in [-0.3, -0.25) is 0 Å². The summed E-state index contributed by atoms with van der Waals surface area (Å²) in [5.74, 6) is 2.12. The summed E-state index contributed by atoms with van der Waals surface area (Å²) in [4.78, 5) is 0. The molecule has 0 bridgehead atoms. The number of hydrogen-bond acceptors (Lipinski definition) is 4. The van der Waals surface area contributed by atoms with E-state index in [1.54, 1.807) is 19.2 Å². The summed E-state index contributed by atoms with van der Waals surface area (Å²) in [5.41, 5.74) is 3.94. The largest absolute Gasteiger partial charge is 0.508 e. The molecule has 166 valence electrons. The topological polar surface area (TPSA) is 47.9 Å². The van der Waals surface area contributed by atoms with E-state index in [1.807, 2.05) is 97.1 Å². The predicted molar refractivity (Wildman–Crippen MR) is 132 cm³/mol. The molecule has 0 fully saturated rings. The first-order chi connectivity index (χ1) is 16.2. The van der Waals surface area contributed by atoms with E-state index in [0.717, 1.165) is 22.3 Å². The van der Waals surface area contributed by atoms with Gasteiger partial charge in [-0.2, -0.15) is 0 Å². The molecule has 0 aliphatic rings. The van der Waals surface area contributed by atoms with E-state index in [-0.39, 0.29) is 5.75 Å². The van der Waals surface area contributed by atoms with Gasteiger partial charge in [-0.1, -0.05) is 78.9 Å². The van der Waals surface area contributed by atoms with E-state index >= 15 is 0 Å². The summed E-state index contributed by atoms with van der Waals surface area (Å²) in [7, 11) is 1.63. The molecule has 1 N–H and O–H groups in total. The minimum Gasteiger partial charge on any atom is -0.508 e. The van der Waals surface area contributed by atoms with Gasteiger partial charge in [0.15, 0.2) is 11.5 Å². The van der Waals surface area contributed by atoms with Gasteiger partial charge in [-0.05, 0) is 46.5 Å². The maximum Gasteiger partial charge on any atom is 0.162 e. The van der Waals surface area contributed by atoms with Crippen molar-refractivity contribution in [2.24, 2.45) is 0 Å². The lowest BCUT2D eigenvalue weighted by molar-refractivity contribution is 0.284. The Kier molecular flexibility index (Phi) is 7.29. The van der Waals surface area contributed by atoms with E-state index in [9.17, 15) is 5.11 Å². The lowest BCUT2D eigenvalue weighted by Crippen LogP contribution is -1.97. The lowest BCUT2D eigenvalue weighted by Gasteiger charge is -2.11. The van der Waals surface area contributed by atoms with Crippen LogP contribution in [0.5, 0.6) is 23.0 Å². The van der Waals surface area contributed by atoms with Crippen LogP contribution in [0.1, 0.15) is 22.3 Å². The molecule has 0 saturated carbocycles. The molecule has 4 rings (SSSR count). The molecule has 0 aliphatic carbocycles. The fourth-order valence-electron chi connectivity index (χ4n) is 3.36. The molecule has 0 radical (unpaired) electrons. The van der Waals surface area contributed by atoms with Crippen LogP contribution in [0, 0.1) is 0 Å². The Bertz CT molecular complexity index is 1200. The molecule has 4 heteroatoms. The van der Waals surface area contributed by atoms with Crippen LogP contribution in [0.4, 0.5) is 0 Å². The Hall–Kier alpha value is -4.18.